The zero-order chi connectivity index (χ0) is 19.6. The molecule has 1 rings (SSSR count). The Morgan fingerprint density at radius 3 is 2.50 bits per heavy atom. The highest BCUT2D eigenvalue weighted by Crippen LogP contribution is 2.08. The largest absolute Gasteiger partial charge is 0.481 e. The van der Waals surface area contributed by atoms with E-state index >= 15 is 0 Å². The number of carbonyl (C=O) groups is 2. The lowest BCUT2D eigenvalue weighted by Gasteiger charge is -2.25. The van der Waals surface area contributed by atoms with E-state index in [1.54, 1.807) is 0 Å². The van der Waals surface area contributed by atoms with Crippen LogP contribution in [0.3, 0.4) is 0 Å². The van der Waals surface area contributed by atoms with Crippen molar-refractivity contribution in [3.8, 4) is 0 Å². The van der Waals surface area contributed by atoms with Crippen molar-refractivity contribution < 1.29 is 27.9 Å². The number of rotatable bonds is 12. The summed E-state index contributed by atoms with van der Waals surface area (Å²) in [6.07, 6.45) is 0.323. The summed E-state index contributed by atoms with van der Waals surface area (Å²) < 4.78 is 30.9. The number of nitrogens with zero attached hydrogens (tertiary/aromatic N) is 1. The van der Waals surface area contributed by atoms with E-state index in [-0.39, 0.29) is 18.8 Å². The van der Waals surface area contributed by atoms with Crippen LogP contribution in [0.4, 0.5) is 0 Å². The summed E-state index contributed by atoms with van der Waals surface area (Å²) in [5.74, 6) is -2.40. The van der Waals surface area contributed by atoms with Crippen LogP contribution in [-0.4, -0.2) is 62.9 Å². The monoisotopic (exact) mass is 386 g/mol. The van der Waals surface area contributed by atoms with Crippen LogP contribution in [0.5, 0.6) is 0 Å². The predicted molar refractivity (Wildman–Crippen MR) is 96.9 cm³/mol. The van der Waals surface area contributed by atoms with Gasteiger partial charge in [-0.3, -0.25) is 9.59 Å². The quantitative estimate of drug-likeness (QED) is 0.511. The van der Waals surface area contributed by atoms with Crippen LogP contribution in [0.25, 0.3) is 0 Å². The molecule has 8 nitrogen and oxygen atoms in total. The fourth-order valence-electron chi connectivity index (χ4n) is 2.22. The first-order chi connectivity index (χ1) is 12.2. The molecule has 0 saturated heterocycles. The first kappa shape index (κ1) is 22.1. The molecule has 0 heterocycles. The SMILES string of the molecule is COCCCS(=O)(=O)NCC(=O)N(Cc1ccccc1)CC(C)C(=O)O. The van der Waals surface area contributed by atoms with Crippen molar-refractivity contribution in [3.63, 3.8) is 0 Å². The number of carbonyl (C=O) groups excluding carboxylic acids is 1. The topological polar surface area (TPSA) is 113 Å². The molecule has 1 aromatic carbocycles. The van der Waals surface area contributed by atoms with E-state index in [2.05, 4.69) is 4.72 Å². The second-order valence-corrected chi connectivity index (χ2v) is 7.91. The number of sulfonamides is 1. The minimum absolute atomic E-state index is 0.00549. The molecule has 26 heavy (non-hydrogen) atoms. The summed E-state index contributed by atoms with van der Waals surface area (Å²) in [5, 5.41) is 9.10. The van der Waals surface area contributed by atoms with E-state index in [9.17, 15) is 18.0 Å². The Bertz CT molecular complexity index is 678. The van der Waals surface area contributed by atoms with Crippen LogP contribution >= 0.6 is 0 Å². The number of carboxylic acid groups (broad SMARTS) is 1. The van der Waals surface area contributed by atoms with E-state index < -0.39 is 34.4 Å². The molecular formula is C17H26N2O6S. The summed E-state index contributed by atoms with van der Waals surface area (Å²) >= 11 is 0. The summed E-state index contributed by atoms with van der Waals surface area (Å²) in [7, 11) is -2.11. The number of ether oxygens (including phenoxy) is 1. The molecule has 0 saturated carbocycles. The van der Waals surface area contributed by atoms with Gasteiger partial charge < -0.3 is 14.7 Å². The predicted octanol–water partition coefficient (Wildman–Crippen LogP) is 0.692. The van der Waals surface area contributed by atoms with Crippen LogP contribution in [0.1, 0.15) is 18.9 Å². The third-order valence-electron chi connectivity index (χ3n) is 3.69. The highest BCUT2D eigenvalue weighted by molar-refractivity contribution is 7.89. The van der Waals surface area contributed by atoms with Gasteiger partial charge in [0.05, 0.1) is 18.2 Å². The average molecular weight is 386 g/mol. The number of nitrogens with one attached hydrogen (secondary N) is 1. The molecule has 1 atom stereocenters. The molecule has 146 valence electrons. The Kier molecular flexibility index (Phi) is 9.25. The maximum Gasteiger partial charge on any atom is 0.308 e. The maximum atomic E-state index is 12.5. The third kappa shape index (κ3) is 8.41. The van der Waals surface area contributed by atoms with Crippen LogP contribution in [0, 0.1) is 5.92 Å². The summed E-state index contributed by atoms with van der Waals surface area (Å²) in [6.45, 7) is 1.61. The molecule has 0 aliphatic heterocycles. The van der Waals surface area contributed by atoms with Gasteiger partial charge in [0, 0.05) is 26.8 Å². The van der Waals surface area contributed by atoms with Gasteiger partial charge in [0.2, 0.25) is 15.9 Å². The molecule has 1 amide bonds. The molecule has 0 fully saturated rings. The smallest absolute Gasteiger partial charge is 0.308 e. The van der Waals surface area contributed by atoms with E-state index in [1.165, 1.54) is 18.9 Å². The zero-order valence-electron chi connectivity index (χ0n) is 15.1. The van der Waals surface area contributed by atoms with Crippen molar-refractivity contribution in [3.05, 3.63) is 35.9 Å². The molecule has 0 radical (unpaired) electrons. The van der Waals surface area contributed by atoms with E-state index in [0.717, 1.165) is 5.56 Å². The number of hydrogen-bond donors (Lipinski definition) is 2. The summed E-state index contributed by atoms with van der Waals surface area (Å²) in [5.41, 5.74) is 0.835. The molecule has 2 N–H and O–H groups in total. The van der Waals surface area contributed by atoms with Crippen molar-refractivity contribution in [1.82, 2.24) is 9.62 Å². The molecule has 0 bridgehead atoms. The van der Waals surface area contributed by atoms with Crippen molar-refractivity contribution in [1.29, 1.82) is 0 Å². The van der Waals surface area contributed by atoms with Crippen LogP contribution in [0.15, 0.2) is 30.3 Å². The zero-order valence-corrected chi connectivity index (χ0v) is 15.9. The fourth-order valence-corrected chi connectivity index (χ4v) is 3.20. The molecule has 1 aromatic rings. The van der Waals surface area contributed by atoms with Gasteiger partial charge in [-0.25, -0.2) is 13.1 Å². The molecule has 0 spiro atoms. The minimum Gasteiger partial charge on any atom is -0.481 e. The molecule has 1 unspecified atom stereocenters. The minimum atomic E-state index is -3.59. The summed E-state index contributed by atoms with van der Waals surface area (Å²) in [6, 6.07) is 9.11. The first-order valence-electron chi connectivity index (χ1n) is 8.26. The lowest BCUT2D eigenvalue weighted by atomic mass is 10.1. The van der Waals surface area contributed by atoms with Gasteiger partial charge in [-0.1, -0.05) is 37.3 Å². The number of methoxy groups -OCH3 is 1. The number of benzene rings is 1. The molecule has 9 heteroatoms. The summed E-state index contributed by atoms with van der Waals surface area (Å²) in [4.78, 5) is 24.9. The van der Waals surface area contributed by atoms with Crippen LogP contribution in [0.2, 0.25) is 0 Å². The van der Waals surface area contributed by atoms with Gasteiger partial charge in [-0.2, -0.15) is 0 Å². The highest BCUT2D eigenvalue weighted by Gasteiger charge is 2.22. The van der Waals surface area contributed by atoms with E-state index in [1.807, 2.05) is 30.3 Å². The standard InChI is InChI=1S/C17H26N2O6S/c1-14(17(21)22)12-19(13-15-7-4-3-5-8-15)16(20)11-18-26(23,24)10-6-9-25-2/h3-5,7-8,14,18H,6,9-13H2,1-2H3,(H,21,22). The van der Waals surface area contributed by atoms with Gasteiger partial charge in [0.1, 0.15) is 0 Å². The molecule has 0 aliphatic carbocycles. The Morgan fingerprint density at radius 2 is 1.92 bits per heavy atom. The van der Waals surface area contributed by atoms with Gasteiger partial charge in [0.25, 0.3) is 0 Å². The molecule has 0 aliphatic rings. The Labute approximate surface area is 154 Å². The number of carboxylic acids is 1. The first-order valence-corrected chi connectivity index (χ1v) is 9.91. The Morgan fingerprint density at radius 1 is 1.27 bits per heavy atom. The van der Waals surface area contributed by atoms with Crippen molar-refractivity contribution in [2.24, 2.45) is 5.92 Å². The van der Waals surface area contributed by atoms with Crippen molar-refractivity contribution in [2.45, 2.75) is 19.9 Å². The lowest BCUT2D eigenvalue weighted by molar-refractivity contribution is -0.143. The molecular weight excluding hydrogens is 360 g/mol. The van der Waals surface area contributed by atoms with E-state index in [0.29, 0.717) is 13.0 Å². The number of amides is 1. The van der Waals surface area contributed by atoms with Crippen LogP contribution < -0.4 is 4.72 Å². The highest BCUT2D eigenvalue weighted by atomic mass is 32.2. The number of hydrogen-bond acceptors (Lipinski definition) is 5. The maximum absolute atomic E-state index is 12.5. The third-order valence-corrected chi connectivity index (χ3v) is 5.10. The fraction of sp³-hybridized carbons (Fsp3) is 0.529. The van der Waals surface area contributed by atoms with Crippen molar-refractivity contribution >= 4 is 21.9 Å². The second-order valence-electron chi connectivity index (χ2n) is 5.99. The van der Waals surface area contributed by atoms with Gasteiger partial charge >= 0.3 is 5.97 Å². The van der Waals surface area contributed by atoms with Crippen LogP contribution in [-0.2, 0) is 30.9 Å². The van der Waals surface area contributed by atoms with Gasteiger partial charge in [-0.05, 0) is 12.0 Å². The molecule has 0 aromatic heterocycles. The second kappa shape index (κ2) is 10.9. The lowest BCUT2D eigenvalue weighted by Crippen LogP contribution is -2.43. The number of aliphatic carboxylic acids is 1. The Hall–Kier alpha value is -1.97. The van der Waals surface area contributed by atoms with Crippen molar-refractivity contribution in [2.75, 3.05) is 32.6 Å². The average Bonchev–Trinajstić information content (AvgIpc) is 2.60. The van der Waals surface area contributed by atoms with E-state index in [4.69, 9.17) is 9.84 Å². The van der Waals surface area contributed by atoms with Gasteiger partial charge in [-0.15, -0.1) is 0 Å². The Balaban J connectivity index is 2.72. The van der Waals surface area contributed by atoms with Gasteiger partial charge in [0.15, 0.2) is 0 Å². The normalized spacial score (nSPS) is 12.5.